The molecule has 5 heteroatoms. The van der Waals surface area contributed by atoms with E-state index in [4.69, 9.17) is 10.2 Å². The molecule has 14 heavy (non-hydrogen) atoms. The minimum Gasteiger partial charge on any atom is -0.503 e. The number of aryl methyl sites for hydroxylation is 1. The smallest absolute Gasteiger partial charge is 0.303 e. The van der Waals surface area contributed by atoms with Crippen LogP contribution in [0.4, 0.5) is 8.78 Å². The molecule has 0 saturated heterocycles. The molecule has 0 bridgehead atoms. The first-order chi connectivity index (χ1) is 6.50. The van der Waals surface area contributed by atoms with Crippen LogP contribution in [0.25, 0.3) is 0 Å². The van der Waals surface area contributed by atoms with E-state index in [-0.39, 0.29) is 18.4 Å². The van der Waals surface area contributed by atoms with Gasteiger partial charge in [0.15, 0.2) is 17.4 Å². The Hall–Kier alpha value is -1.65. The van der Waals surface area contributed by atoms with Gasteiger partial charge >= 0.3 is 5.97 Å². The average Bonchev–Trinajstić information content (AvgIpc) is 2.10. The standard InChI is InChI=1S/C9H8F2O3/c10-6-3-5(1-2-8(12)13)4-7(11)9(6)14/h3-4,14H,1-2H2,(H,12,13). The lowest BCUT2D eigenvalue weighted by atomic mass is 10.1. The molecule has 0 unspecified atom stereocenters. The Morgan fingerprint density at radius 1 is 1.29 bits per heavy atom. The fourth-order valence-electron chi connectivity index (χ4n) is 1.01. The Bertz CT molecular complexity index is 340. The van der Waals surface area contributed by atoms with E-state index in [9.17, 15) is 13.6 Å². The third-order valence-electron chi connectivity index (χ3n) is 1.70. The summed E-state index contributed by atoms with van der Waals surface area (Å²) in [7, 11) is 0. The number of phenols is 1. The molecule has 0 spiro atoms. The number of carbonyl (C=O) groups is 1. The topological polar surface area (TPSA) is 57.5 Å². The Morgan fingerprint density at radius 2 is 1.79 bits per heavy atom. The number of aromatic hydroxyl groups is 1. The van der Waals surface area contributed by atoms with Gasteiger partial charge in [0, 0.05) is 6.42 Å². The summed E-state index contributed by atoms with van der Waals surface area (Å²) in [6.07, 6.45) is -0.174. The summed E-state index contributed by atoms with van der Waals surface area (Å²) in [6, 6.07) is 1.84. The molecule has 0 aliphatic rings. The highest BCUT2D eigenvalue weighted by atomic mass is 19.1. The number of hydrogen-bond acceptors (Lipinski definition) is 2. The van der Waals surface area contributed by atoms with Crippen LogP contribution < -0.4 is 0 Å². The monoisotopic (exact) mass is 202 g/mol. The van der Waals surface area contributed by atoms with E-state index >= 15 is 0 Å². The van der Waals surface area contributed by atoms with Gasteiger partial charge in [0.2, 0.25) is 0 Å². The van der Waals surface area contributed by atoms with Crippen molar-refractivity contribution in [3.05, 3.63) is 29.3 Å². The van der Waals surface area contributed by atoms with Crippen LogP contribution in [0, 0.1) is 11.6 Å². The molecular weight excluding hydrogens is 194 g/mol. The molecular formula is C9H8F2O3. The Morgan fingerprint density at radius 3 is 2.21 bits per heavy atom. The van der Waals surface area contributed by atoms with Crippen molar-refractivity contribution in [1.29, 1.82) is 0 Å². The van der Waals surface area contributed by atoms with E-state index in [2.05, 4.69) is 0 Å². The molecule has 0 fully saturated rings. The fraction of sp³-hybridized carbons (Fsp3) is 0.222. The largest absolute Gasteiger partial charge is 0.503 e. The van der Waals surface area contributed by atoms with Crippen molar-refractivity contribution in [2.45, 2.75) is 12.8 Å². The van der Waals surface area contributed by atoms with Crippen LogP contribution in [-0.2, 0) is 11.2 Å². The van der Waals surface area contributed by atoms with Crippen molar-refractivity contribution in [1.82, 2.24) is 0 Å². The van der Waals surface area contributed by atoms with E-state index in [1.165, 1.54) is 0 Å². The summed E-state index contributed by atoms with van der Waals surface area (Å²) in [5, 5.41) is 17.1. The molecule has 1 aromatic carbocycles. The molecule has 0 aliphatic heterocycles. The molecule has 1 aromatic rings. The zero-order valence-electron chi connectivity index (χ0n) is 7.13. The Balaban J connectivity index is 2.84. The van der Waals surface area contributed by atoms with Gasteiger partial charge in [-0.05, 0) is 24.1 Å². The molecule has 2 N–H and O–H groups in total. The second-order valence-electron chi connectivity index (χ2n) is 2.80. The van der Waals surface area contributed by atoms with Crippen LogP contribution >= 0.6 is 0 Å². The van der Waals surface area contributed by atoms with Crippen molar-refractivity contribution in [2.75, 3.05) is 0 Å². The summed E-state index contributed by atoms with van der Waals surface area (Å²) >= 11 is 0. The zero-order chi connectivity index (χ0) is 10.7. The van der Waals surface area contributed by atoms with Gasteiger partial charge < -0.3 is 10.2 Å². The summed E-state index contributed by atoms with van der Waals surface area (Å²) in [4.78, 5) is 10.2. The van der Waals surface area contributed by atoms with Crippen LogP contribution in [0.15, 0.2) is 12.1 Å². The van der Waals surface area contributed by atoms with E-state index in [1.807, 2.05) is 0 Å². The SMILES string of the molecule is O=C(O)CCc1cc(F)c(O)c(F)c1. The summed E-state index contributed by atoms with van der Waals surface area (Å²) in [5.74, 6) is -4.24. The lowest BCUT2D eigenvalue weighted by Gasteiger charge is -2.02. The zero-order valence-corrected chi connectivity index (χ0v) is 7.13. The molecule has 0 saturated carbocycles. The fourth-order valence-corrected chi connectivity index (χ4v) is 1.01. The highest BCUT2D eigenvalue weighted by molar-refractivity contribution is 5.67. The van der Waals surface area contributed by atoms with Gasteiger partial charge in [0.1, 0.15) is 0 Å². The first kappa shape index (κ1) is 10.4. The number of aliphatic carboxylic acids is 1. The maximum Gasteiger partial charge on any atom is 0.303 e. The van der Waals surface area contributed by atoms with Crippen molar-refractivity contribution in [2.24, 2.45) is 0 Å². The van der Waals surface area contributed by atoms with Gasteiger partial charge in [0.25, 0.3) is 0 Å². The van der Waals surface area contributed by atoms with Gasteiger partial charge in [-0.25, -0.2) is 8.78 Å². The van der Waals surface area contributed by atoms with Crippen molar-refractivity contribution >= 4 is 5.97 Å². The van der Waals surface area contributed by atoms with Gasteiger partial charge in [-0.15, -0.1) is 0 Å². The Kier molecular flexibility index (Phi) is 3.01. The normalized spacial score (nSPS) is 10.1. The maximum atomic E-state index is 12.7. The average molecular weight is 202 g/mol. The van der Waals surface area contributed by atoms with Crippen molar-refractivity contribution in [3.8, 4) is 5.75 Å². The minimum atomic E-state index is -1.08. The van der Waals surface area contributed by atoms with Crippen molar-refractivity contribution in [3.63, 3.8) is 0 Å². The number of carboxylic acid groups (broad SMARTS) is 1. The number of rotatable bonds is 3. The van der Waals surface area contributed by atoms with E-state index < -0.39 is 23.4 Å². The summed E-state index contributed by atoms with van der Waals surface area (Å²) in [5.41, 5.74) is 0.209. The summed E-state index contributed by atoms with van der Waals surface area (Å²) in [6.45, 7) is 0. The van der Waals surface area contributed by atoms with Crippen LogP contribution in [0.3, 0.4) is 0 Å². The number of benzene rings is 1. The molecule has 0 aromatic heterocycles. The maximum absolute atomic E-state index is 12.7. The molecule has 0 radical (unpaired) electrons. The predicted octanol–water partition coefficient (Wildman–Crippen LogP) is 1.69. The predicted molar refractivity (Wildman–Crippen MR) is 44.0 cm³/mol. The third kappa shape index (κ3) is 2.42. The van der Waals surface area contributed by atoms with Crippen LogP contribution in [0.5, 0.6) is 5.75 Å². The summed E-state index contributed by atoms with van der Waals surface area (Å²) < 4.78 is 25.5. The van der Waals surface area contributed by atoms with Crippen LogP contribution in [0.1, 0.15) is 12.0 Å². The number of hydrogen-bond donors (Lipinski definition) is 2. The molecule has 0 aliphatic carbocycles. The quantitative estimate of drug-likeness (QED) is 0.784. The minimum absolute atomic E-state index is 0.0312. The van der Waals surface area contributed by atoms with E-state index in [0.29, 0.717) is 0 Å². The van der Waals surface area contributed by atoms with E-state index in [1.54, 1.807) is 0 Å². The second-order valence-corrected chi connectivity index (χ2v) is 2.80. The van der Waals surface area contributed by atoms with Gasteiger partial charge in [-0.1, -0.05) is 0 Å². The first-order valence-electron chi connectivity index (χ1n) is 3.89. The lowest BCUT2D eigenvalue weighted by molar-refractivity contribution is -0.136. The lowest BCUT2D eigenvalue weighted by Crippen LogP contribution is -1.98. The van der Waals surface area contributed by atoms with Gasteiger partial charge in [-0.3, -0.25) is 4.79 Å². The van der Waals surface area contributed by atoms with Crippen LogP contribution in [-0.4, -0.2) is 16.2 Å². The highest BCUT2D eigenvalue weighted by Gasteiger charge is 2.10. The Labute approximate surface area is 78.6 Å². The van der Waals surface area contributed by atoms with Crippen LogP contribution in [0.2, 0.25) is 0 Å². The molecule has 3 nitrogen and oxygen atoms in total. The molecule has 0 heterocycles. The van der Waals surface area contributed by atoms with Gasteiger partial charge in [0.05, 0.1) is 0 Å². The molecule has 0 atom stereocenters. The number of phenolic OH excluding ortho intramolecular Hbond substituents is 1. The molecule has 0 amide bonds. The number of halogens is 2. The van der Waals surface area contributed by atoms with Gasteiger partial charge in [-0.2, -0.15) is 0 Å². The third-order valence-corrected chi connectivity index (χ3v) is 1.70. The number of carboxylic acids is 1. The molecule has 76 valence electrons. The van der Waals surface area contributed by atoms with Crippen molar-refractivity contribution < 1.29 is 23.8 Å². The highest BCUT2D eigenvalue weighted by Crippen LogP contribution is 2.21. The van der Waals surface area contributed by atoms with E-state index in [0.717, 1.165) is 12.1 Å². The second kappa shape index (κ2) is 4.04. The molecule has 1 rings (SSSR count). The first-order valence-corrected chi connectivity index (χ1v) is 3.89.